The van der Waals surface area contributed by atoms with E-state index in [1.807, 2.05) is 0 Å². The topological polar surface area (TPSA) is 344 Å². The second-order valence-corrected chi connectivity index (χ2v) is 1.84. The molecule has 0 amide bonds. The van der Waals surface area contributed by atoms with Gasteiger partial charge >= 0.3 is 46.4 Å². The molecule has 0 unspecified atom stereocenters. The summed E-state index contributed by atoms with van der Waals surface area (Å²) < 4.78 is 21.9. The summed E-state index contributed by atoms with van der Waals surface area (Å²) in [5.41, 5.74) is 0. The first-order chi connectivity index (χ1) is 5.24. The second-order valence-electron chi connectivity index (χ2n) is 1.84. The van der Waals surface area contributed by atoms with Crippen LogP contribution in [-0.4, -0.2) is 73.1 Å². The van der Waals surface area contributed by atoms with Gasteiger partial charge in [-0.25, -0.2) is 0 Å². The molecule has 15 nitrogen and oxygen atoms in total. The molecule has 16 N–H and O–H groups in total. The third-order valence-electron chi connectivity index (χ3n) is 1.11. The van der Waals surface area contributed by atoms with Gasteiger partial charge in [-0.15, -0.1) is 0 Å². The van der Waals surface area contributed by atoms with Crippen molar-refractivity contribution in [1.82, 2.24) is 0 Å². The van der Waals surface area contributed by atoms with Crippen molar-refractivity contribution in [2.45, 2.75) is 0 Å². The van der Waals surface area contributed by atoms with E-state index in [1.54, 1.807) is 0 Å². The van der Waals surface area contributed by atoms with Gasteiger partial charge in [0.05, 0.1) is 0 Å². The molecule has 0 aliphatic carbocycles. The van der Waals surface area contributed by atoms with Crippen LogP contribution >= 0.6 is 0 Å². The molecule has 2 aliphatic rings. The Kier molecular flexibility index (Phi) is 53.7. The van der Waals surface area contributed by atoms with E-state index in [1.165, 1.54) is 0 Å². The fraction of sp³-hybridized carbons (Fsp3) is 0. The predicted molar refractivity (Wildman–Crippen MR) is 57.4 cm³/mol. The van der Waals surface area contributed by atoms with E-state index in [2.05, 4.69) is 22.9 Å². The molecule has 20 heavy (non-hydrogen) atoms. The van der Waals surface area contributed by atoms with E-state index in [0.717, 1.165) is 0 Å². The quantitative estimate of drug-likeness (QED) is 0.377. The van der Waals surface area contributed by atoms with Crippen LogP contribution < -0.4 is 10.0 Å². The van der Waals surface area contributed by atoms with Crippen LogP contribution in [0.25, 0.3) is 0 Å². The maximum atomic E-state index is 10.5. The first-order valence-corrected chi connectivity index (χ1v) is 2.83. The van der Waals surface area contributed by atoms with Gasteiger partial charge < -0.3 is 76.7 Å². The van der Waals surface area contributed by atoms with Gasteiger partial charge in [0, 0.05) is 0 Å². The molecule has 0 aromatic carbocycles. The van der Waals surface area contributed by atoms with Crippen molar-refractivity contribution in [3.63, 3.8) is 0 Å². The number of fused-ring (bicyclic) bond motifs is 2. The molecule has 0 saturated carbocycles. The van der Waals surface area contributed by atoms with Crippen LogP contribution in [-0.2, 0) is 39.9 Å². The van der Waals surface area contributed by atoms with Crippen molar-refractivity contribution in [2.75, 3.05) is 0 Å². The number of hydrogen-bond acceptors (Lipinski definition) is 7. The van der Waals surface area contributed by atoms with Crippen LogP contribution in [0.3, 0.4) is 0 Å². The number of hydrogen-bond donors (Lipinski definition) is 0. The first-order valence-electron chi connectivity index (χ1n) is 2.83. The van der Waals surface area contributed by atoms with Crippen molar-refractivity contribution >= 4 is 29.3 Å². The molecule has 2 heterocycles. The van der Waals surface area contributed by atoms with Gasteiger partial charge in [-0.2, -0.15) is 0 Å². The first kappa shape index (κ1) is 50.0. The maximum Gasteiger partial charge on any atom is 2.00 e. The zero-order valence-electron chi connectivity index (χ0n) is 9.55. The summed E-state index contributed by atoms with van der Waals surface area (Å²) in [5, 5.41) is 21.0. The standard InChI is InChI=1S/B4O7.Mn.8H2O/c5-1-7-3-9-2(6)10-4(8-1)11-3;;;;;;;;;/h;;8*1H2/q-2;+2;;;;;;;;. The minimum absolute atomic E-state index is 0. The Morgan fingerprint density at radius 2 is 0.650 bits per heavy atom. The van der Waals surface area contributed by atoms with Crippen molar-refractivity contribution in [2.24, 2.45) is 0 Å². The Hall–Kier alpha value is 0.179. The van der Waals surface area contributed by atoms with Crippen LogP contribution in [0.2, 0.25) is 0 Å². The molecule has 1 radical (unpaired) electrons. The molecular weight excluding hydrogens is 338 g/mol. The predicted octanol–water partition coefficient (Wildman–Crippen LogP) is -10.8. The molecular formula is H16B4MnO15. The van der Waals surface area contributed by atoms with Gasteiger partial charge in [-0.05, 0) is 0 Å². The zero-order chi connectivity index (χ0) is 7.84. The summed E-state index contributed by atoms with van der Waals surface area (Å²) in [7, 11) is -6.00. The summed E-state index contributed by atoms with van der Waals surface area (Å²) in [6.07, 6.45) is 0. The van der Waals surface area contributed by atoms with Gasteiger partial charge in [0.15, 0.2) is 0 Å². The van der Waals surface area contributed by atoms with Crippen LogP contribution in [0.1, 0.15) is 0 Å². The van der Waals surface area contributed by atoms with Gasteiger partial charge in [0.25, 0.3) is 0 Å². The molecule has 2 aliphatic heterocycles. The van der Waals surface area contributed by atoms with Gasteiger partial charge in [0.2, 0.25) is 0 Å². The van der Waals surface area contributed by atoms with Crippen molar-refractivity contribution < 1.29 is 93.8 Å². The third kappa shape index (κ3) is 13.2. The average molecular weight is 354 g/mol. The molecule has 2 fully saturated rings. The molecule has 125 valence electrons. The van der Waals surface area contributed by atoms with Gasteiger partial charge in [-0.3, -0.25) is 0 Å². The molecule has 2 saturated heterocycles. The summed E-state index contributed by atoms with van der Waals surface area (Å²) >= 11 is 0. The Morgan fingerprint density at radius 3 is 0.850 bits per heavy atom. The Balaban J connectivity index is -0.0000000267. The average Bonchev–Trinajstić information content (AvgIpc) is 1.82. The Morgan fingerprint density at radius 1 is 0.450 bits per heavy atom. The summed E-state index contributed by atoms with van der Waals surface area (Å²) in [6, 6.07) is 0. The summed E-state index contributed by atoms with van der Waals surface area (Å²) in [4.78, 5) is 0. The number of rotatable bonds is 0. The smallest absolute Gasteiger partial charge is 0.833 e. The van der Waals surface area contributed by atoms with Crippen molar-refractivity contribution in [1.29, 1.82) is 0 Å². The van der Waals surface area contributed by atoms with E-state index in [-0.39, 0.29) is 60.9 Å². The zero-order valence-corrected chi connectivity index (χ0v) is 10.7. The minimum Gasteiger partial charge on any atom is -0.833 e. The monoisotopic (exact) mass is 355 g/mol. The summed E-state index contributed by atoms with van der Waals surface area (Å²) in [5.74, 6) is 0. The molecule has 0 aromatic rings. The maximum absolute atomic E-state index is 10.5. The molecule has 0 aromatic heterocycles. The van der Waals surface area contributed by atoms with Crippen molar-refractivity contribution in [3.8, 4) is 0 Å². The van der Waals surface area contributed by atoms with E-state index in [9.17, 15) is 10.0 Å². The fourth-order valence-corrected chi connectivity index (χ4v) is 0.710. The second kappa shape index (κ2) is 21.5. The summed E-state index contributed by atoms with van der Waals surface area (Å²) in [6.45, 7) is 0. The van der Waals surface area contributed by atoms with Crippen LogP contribution in [0.5, 0.6) is 0 Å². The van der Waals surface area contributed by atoms with E-state index < -0.39 is 29.3 Å². The Bertz CT molecular complexity index is 125. The fourth-order valence-electron chi connectivity index (χ4n) is 0.710. The molecule has 2 rings (SSSR count). The van der Waals surface area contributed by atoms with Crippen LogP contribution in [0, 0.1) is 0 Å². The van der Waals surface area contributed by atoms with Crippen LogP contribution in [0.15, 0.2) is 0 Å². The largest absolute Gasteiger partial charge is 2.00 e. The normalized spacial score (nSPS) is 13.5. The van der Waals surface area contributed by atoms with E-state index >= 15 is 0 Å². The third-order valence-corrected chi connectivity index (χ3v) is 1.11. The van der Waals surface area contributed by atoms with Gasteiger partial charge in [0.1, 0.15) is 0 Å². The van der Waals surface area contributed by atoms with Crippen LogP contribution in [0.4, 0.5) is 0 Å². The minimum atomic E-state index is -1.73. The molecule has 20 heteroatoms. The van der Waals surface area contributed by atoms with Crippen molar-refractivity contribution in [3.05, 3.63) is 0 Å². The van der Waals surface area contributed by atoms with Gasteiger partial charge in [-0.1, -0.05) is 0 Å². The SMILES string of the molecule is O.O.O.O.O.O.O.O.[Mn+2].[O-]B1OB2OB([O-])OB(O1)O2. The van der Waals surface area contributed by atoms with E-state index in [0.29, 0.717) is 0 Å². The van der Waals surface area contributed by atoms with E-state index in [4.69, 9.17) is 0 Å². The molecule has 2 bridgehead atoms. The Labute approximate surface area is 124 Å². The molecule has 0 atom stereocenters. The molecule has 0 spiro atoms.